The number of furan rings is 1. The molecule has 49 heavy (non-hydrogen) atoms. The molecule has 0 radical (unpaired) electrons. The molecular weight excluding hydrogens is 593 g/mol. The van der Waals surface area contributed by atoms with Crippen molar-refractivity contribution in [1.82, 2.24) is 0 Å². The van der Waals surface area contributed by atoms with Crippen molar-refractivity contribution < 1.29 is 9.90 Å². The molecule has 0 aliphatic carbocycles. The second-order valence-electron chi connectivity index (χ2n) is 12.5. The smallest absolute Gasteiger partial charge is 0.143 e. The van der Waals surface area contributed by atoms with Gasteiger partial charge in [-0.05, 0) is 83.6 Å². The van der Waals surface area contributed by atoms with Crippen molar-refractivity contribution in [2.75, 3.05) is 0 Å². The largest absolute Gasteiger partial charge is 0.455 e. The number of benzene rings is 9. The Morgan fingerprint density at radius 3 is 1.55 bits per heavy atom. The van der Waals surface area contributed by atoms with Crippen LogP contribution in [-0.4, -0.2) is 0 Å². The van der Waals surface area contributed by atoms with Gasteiger partial charge in [-0.25, -0.2) is 0 Å². The Morgan fingerprint density at radius 2 is 0.878 bits per heavy atom. The lowest BCUT2D eigenvalue weighted by Crippen LogP contribution is -1.91. The highest BCUT2D eigenvalue weighted by Crippen LogP contribution is 2.47. The van der Waals surface area contributed by atoms with E-state index in [0.29, 0.717) is 22.3 Å². The summed E-state index contributed by atoms with van der Waals surface area (Å²) in [6.45, 7) is 0. The summed E-state index contributed by atoms with van der Waals surface area (Å²) >= 11 is 0. The van der Waals surface area contributed by atoms with E-state index in [1.807, 2.05) is 115 Å². The minimum atomic E-state index is -0.0639. The van der Waals surface area contributed by atoms with Crippen molar-refractivity contribution in [3.05, 3.63) is 182 Å². The van der Waals surface area contributed by atoms with Gasteiger partial charge in [-0.15, -0.1) is 0 Å². The highest BCUT2D eigenvalue weighted by Gasteiger charge is 2.20. The van der Waals surface area contributed by atoms with Crippen LogP contribution >= 0.6 is 0 Å². The highest BCUT2D eigenvalue weighted by molar-refractivity contribution is 6.27. The van der Waals surface area contributed by atoms with E-state index < -0.39 is 0 Å². The summed E-state index contributed by atoms with van der Waals surface area (Å²) in [7, 11) is 0. The topological polar surface area (TPSA) is 13.1 Å². The molecule has 1 aromatic heterocycles. The van der Waals surface area contributed by atoms with Crippen molar-refractivity contribution in [2.45, 2.75) is 0 Å². The molecule has 0 unspecified atom stereocenters. The summed E-state index contributed by atoms with van der Waals surface area (Å²) in [5, 5.41) is 7.89. The molecule has 0 amide bonds. The van der Waals surface area contributed by atoms with E-state index >= 15 is 0 Å². The molecule has 0 aliphatic heterocycles. The SMILES string of the molecule is [2H]c1c([2H])c(-c2c3ccccc3c(-c3cccc4oc5c6ccccc6ccc5c34)c3ccccc23)c([2H])c([2H])c1-c1ccc(-c2ccccc2)cc1. The minimum absolute atomic E-state index is 0.0624. The zero-order chi connectivity index (χ0) is 35.8. The van der Waals surface area contributed by atoms with Gasteiger partial charge in [0.1, 0.15) is 11.2 Å². The second-order valence-corrected chi connectivity index (χ2v) is 12.5. The van der Waals surface area contributed by atoms with Gasteiger partial charge in [0, 0.05) is 16.2 Å². The molecule has 0 spiro atoms. The van der Waals surface area contributed by atoms with E-state index in [0.717, 1.165) is 76.5 Å². The van der Waals surface area contributed by atoms with Crippen LogP contribution in [0.25, 0.3) is 98.8 Å². The molecule has 9 aromatic carbocycles. The molecule has 0 N–H and O–H groups in total. The summed E-state index contributed by atoms with van der Waals surface area (Å²) in [4.78, 5) is 0. The first-order chi connectivity index (χ1) is 26.0. The van der Waals surface area contributed by atoms with Crippen LogP contribution in [0.5, 0.6) is 0 Å². The Kier molecular flexibility index (Phi) is 5.38. The van der Waals surface area contributed by atoms with E-state index in [9.17, 15) is 5.48 Å². The number of fused-ring (bicyclic) bond motifs is 7. The van der Waals surface area contributed by atoms with E-state index in [1.54, 1.807) is 0 Å². The van der Waals surface area contributed by atoms with E-state index in [2.05, 4.69) is 42.5 Å². The predicted octanol–water partition coefficient (Wildman–Crippen LogP) is 13.7. The Morgan fingerprint density at radius 1 is 0.347 bits per heavy atom. The Balaban J connectivity index is 1.23. The summed E-state index contributed by atoms with van der Waals surface area (Å²) in [5.41, 5.74) is 7.74. The molecule has 0 atom stereocenters. The first-order valence-corrected chi connectivity index (χ1v) is 16.5. The first kappa shape index (κ1) is 23.8. The third-order valence-corrected chi connectivity index (χ3v) is 9.74. The molecule has 10 rings (SSSR count). The predicted molar refractivity (Wildman–Crippen MR) is 208 cm³/mol. The van der Waals surface area contributed by atoms with Crippen LogP contribution in [0, 0.1) is 0 Å². The summed E-state index contributed by atoms with van der Waals surface area (Å²) in [6, 6.07) is 52.5. The summed E-state index contributed by atoms with van der Waals surface area (Å²) in [5.74, 6) is 0. The standard InChI is InChI=1S/C48H30O/c1-2-11-31(12-3-1)32-21-23-33(24-22-32)34-25-27-36(28-26-34)45-38-15-6-8-17-40(38)46(41-18-9-7-16-39(41)45)42-19-10-20-44-47(42)43-30-29-35-13-4-5-14-37(35)48(43)49-44/h1-30H/i25D,26D,27D,28D. The maximum Gasteiger partial charge on any atom is 0.143 e. The molecule has 1 nitrogen and oxygen atoms in total. The molecule has 1 heterocycles. The second kappa shape index (κ2) is 11.1. The van der Waals surface area contributed by atoms with Gasteiger partial charge in [0.25, 0.3) is 0 Å². The van der Waals surface area contributed by atoms with Gasteiger partial charge in [-0.1, -0.05) is 170 Å². The van der Waals surface area contributed by atoms with Crippen molar-refractivity contribution >= 4 is 54.3 Å². The van der Waals surface area contributed by atoms with Gasteiger partial charge >= 0.3 is 0 Å². The fourth-order valence-electron chi connectivity index (χ4n) is 7.49. The molecule has 1 heteroatoms. The maximum absolute atomic E-state index is 9.45. The van der Waals surface area contributed by atoms with Crippen LogP contribution in [0.15, 0.2) is 186 Å². The van der Waals surface area contributed by atoms with Crippen molar-refractivity contribution in [3.63, 3.8) is 0 Å². The number of hydrogen-bond donors (Lipinski definition) is 0. The van der Waals surface area contributed by atoms with Crippen LogP contribution in [0.1, 0.15) is 5.48 Å². The van der Waals surface area contributed by atoms with Gasteiger partial charge in [0.2, 0.25) is 0 Å². The third kappa shape index (κ3) is 4.40. The lowest BCUT2D eigenvalue weighted by molar-refractivity contribution is 0.673. The van der Waals surface area contributed by atoms with Crippen LogP contribution in [0.2, 0.25) is 0 Å². The average molecular weight is 627 g/mol. The lowest BCUT2D eigenvalue weighted by Gasteiger charge is -2.18. The fourth-order valence-corrected chi connectivity index (χ4v) is 7.49. The Bertz CT molecular complexity index is 3000. The van der Waals surface area contributed by atoms with Crippen LogP contribution in [0.4, 0.5) is 0 Å². The zero-order valence-corrected chi connectivity index (χ0v) is 26.4. The Hall–Kier alpha value is -6.44. The van der Waals surface area contributed by atoms with Crippen LogP contribution in [0.3, 0.4) is 0 Å². The molecule has 10 aromatic rings. The van der Waals surface area contributed by atoms with Gasteiger partial charge in [0.15, 0.2) is 0 Å². The van der Waals surface area contributed by atoms with Crippen LogP contribution < -0.4 is 0 Å². The molecule has 0 aliphatic rings. The monoisotopic (exact) mass is 626 g/mol. The quantitative estimate of drug-likeness (QED) is 0.177. The first-order valence-electron chi connectivity index (χ1n) is 18.5. The third-order valence-electron chi connectivity index (χ3n) is 9.74. The molecule has 228 valence electrons. The van der Waals surface area contributed by atoms with E-state index in [1.165, 1.54) is 0 Å². The van der Waals surface area contributed by atoms with Crippen molar-refractivity contribution in [3.8, 4) is 44.5 Å². The molecule has 0 saturated carbocycles. The van der Waals surface area contributed by atoms with Gasteiger partial charge in [0.05, 0.1) is 5.48 Å². The van der Waals surface area contributed by atoms with E-state index in [4.69, 9.17) is 4.42 Å². The van der Waals surface area contributed by atoms with E-state index in [-0.39, 0.29) is 24.2 Å². The molecule has 0 saturated heterocycles. The van der Waals surface area contributed by atoms with Crippen molar-refractivity contribution in [1.29, 1.82) is 0 Å². The average Bonchev–Trinajstić information content (AvgIpc) is 3.60. The lowest BCUT2D eigenvalue weighted by atomic mass is 9.84. The van der Waals surface area contributed by atoms with Gasteiger partial charge < -0.3 is 4.42 Å². The number of hydrogen-bond acceptors (Lipinski definition) is 1. The van der Waals surface area contributed by atoms with Crippen molar-refractivity contribution in [2.24, 2.45) is 0 Å². The normalized spacial score (nSPS) is 12.8. The molecule has 0 bridgehead atoms. The minimum Gasteiger partial charge on any atom is -0.455 e. The fraction of sp³-hybridized carbons (Fsp3) is 0. The maximum atomic E-state index is 9.45. The highest BCUT2D eigenvalue weighted by atomic mass is 16.3. The zero-order valence-electron chi connectivity index (χ0n) is 30.4. The number of rotatable bonds is 4. The Labute approximate surface area is 289 Å². The molecular formula is C48H30O. The van der Waals surface area contributed by atoms with Crippen LogP contribution in [-0.2, 0) is 0 Å². The van der Waals surface area contributed by atoms with Gasteiger partial charge in [-0.2, -0.15) is 0 Å². The summed E-state index contributed by atoms with van der Waals surface area (Å²) < 4.78 is 44.0. The molecule has 0 fully saturated rings. The summed E-state index contributed by atoms with van der Waals surface area (Å²) in [6.07, 6.45) is 0. The van der Waals surface area contributed by atoms with Gasteiger partial charge in [-0.3, -0.25) is 0 Å².